The van der Waals surface area contributed by atoms with Crippen molar-refractivity contribution in [1.82, 2.24) is 4.90 Å². The Kier molecular flexibility index (Phi) is 5.48. The van der Waals surface area contributed by atoms with Crippen LogP contribution in [0.15, 0.2) is 41.0 Å². The van der Waals surface area contributed by atoms with Crippen molar-refractivity contribution in [1.29, 1.82) is 0 Å². The van der Waals surface area contributed by atoms with E-state index in [1.54, 1.807) is 37.4 Å². The summed E-state index contributed by atoms with van der Waals surface area (Å²) in [6.45, 7) is 1.11. The van der Waals surface area contributed by atoms with E-state index < -0.39 is 12.7 Å². The van der Waals surface area contributed by atoms with Crippen molar-refractivity contribution >= 4 is 18.5 Å². The van der Waals surface area contributed by atoms with E-state index >= 15 is 0 Å². The lowest BCUT2D eigenvalue weighted by molar-refractivity contribution is -0.0805. The molecule has 138 valence electrons. The van der Waals surface area contributed by atoms with E-state index in [1.165, 1.54) is 11.2 Å². The molecule has 0 saturated carbocycles. The lowest BCUT2D eigenvalue weighted by Crippen LogP contribution is -2.36. The maximum atomic E-state index is 12.9. The average Bonchev–Trinajstić information content (AvgIpc) is 3.12. The minimum Gasteiger partial charge on any atom is -0.465 e. The Morgan fingerprint density at radius 2 is 2.00 bits per heavy atom. The number of carbonyl (C=O) groups is 1. The van der Waals surface area contributed by atoms with E-state index in [2.05, 4.69) is 0 Å². The van der Waals surface area contributed by atoms with Crippen LogP contribution in [0.5, 0.6) is 0 Å². The summed E-state index contributed by atoms with van der Waals surface area (Å²) in [4.78, 5) is 14.4. The van der Waals surface area contributed by atoms with Crippen LogP contribution in [0.3, 0.4) is 0 Å². The number of amides is 1. The molecule has 0 bridgehead atoms. The third-order valence-corrected chi connectivity index (χ3v) is 4.65. The van der Waals surface area contributed by atoms with Crippen LogP contribution in [0.2, 0.25) is 0 Å². The van der Waals surface area contributed by atoms with Crippen molar-refractivity contribution in [2.45, 2.75) is 25.0 Å². The molecule has 1 aliphatic rings. The topological polar surface area (TPSA) is 103 Å². The van der Waals surface area contributed by atoms with Crippen LogP contribution in [-0.4, -0.2) is 53.3 Å². The molecule has 1 aliphatic heterocycles. The molecule has 3 N–H and O–H groups in total. The van der Waals surface area contributed by atoms with Gasteiger partial charge in [0.05, 0.1) is 11.8 Å². The van der Waals surface area contributed by atoms with Crippen molar-refractivity contribution in [2.75, 3.05) is 20.3 Å². The van der Waals surface area contributed by atoms with Gasteiger partial charge in [0, 0.05) is 39.6 Å². The standard InChI is InChI=1S/C18H22BNO6/c1-20(12-13-3-2-4-14(11-13)19(23)24)17(21)15-5-8-26-16(15)18(22)6-9-25-10-7-18/h2-5,8,11,22-24H,6-7,9-10,12H2,1H3. The monoisotopic (exact) mass is 359 g/mol. The summed E-state index contributed by atoms with van der Waals surface area (Å²) in [5.74, 6) is 0.000739. The summed E-state index contributed by atoms with van der Waals surface area (Å²) in [6, 6.07) is 8.31. The second kappa shape index (κ2) is 7.63. The number of hydrogen-bond acceptors (Lipinski definition) is 6. The number of carbonyl (C=O) groups excluding carboxylic acids is 1. The van der Waals surface area contributed by atoms with Gasteiger partial charge in [-0.1, -0.05) is 24.3 Å². The number of rotatable bonds is 5. The van der Waals surface area contributed by atoms with Gasteiger partial charge in [0.2, 0.25) is 0 Å². The summed E-state index contributed by atoms with van der Waals surface area (Å²) < 4.78 is 10.7. The molecular formula is C18H22BNO6. The SMILES string of the molecule is CN(Cc1cccc(B(O)O)c1)C(=O)c1ccoc1C1(O)CCOCC1. The third-order valence-electron chi connectivity index (χ3n) is 4.65. The second-order valence-electron chi connectivity index (χ2n) is 6.59. The molecule has 0 unspecified atom stereocenters. The molecule has 0 spiro atoms. The van der Waals surface area contributed by atoms with Gasteiger partial charge in [-0.15, -0.1) is 0 Å². The molecule has 1 fully saturated rings. The molecule has 2 heterocycles. The quantitative estimate of drug-likeness (QED) is 0.661. The first-order chi connectivity index (χ1) is 12.4. The van der Waals surface area contributed by atoms with Gasteiger partial charge < -0.3 is 29.2 Å². The molecule has 0 atom stereocenters. The highest BCUT2D eigenvalue weighted by molar-refractivity contribution is 6.58. The van der Waals surface area contributed by atoms with Gasteiger partial charge in [-0.3, -0.25) is 4.79 Å². The number of aliphatic hydroxyl groups is 1. The van der Waals surface area contributed by atoms with E-state index in [-0.39, 0.29) is 18.2 Å². The van der Waals surface area contributed by atoms with Gasteiger partial charge in [-0.25, -0.2) is 0 Å². The minimum absolute atomic E-state index is 0.274. The predicted molar refractivity (Wildman–Crippen MR) is 94.7 cm³/mol. The number of furan rings is 1. The Labute approximate surface area is 152 Å². The molecule has 1 aromatic carbocycles. The highest BCUT2D eigenvalue weighted by Crippen LogP contribution is 2.35. The fourth-order valence-electron chi connectivity index (χ4n) is 3.18. The summed E-state index contributed by atoms with van der Waals surface area (Å²) in [6.07, 6.45) is 2.16. The Morgan fingerprint density at radius 3 is 2.69 bits per heavy atom. The average molecular weight is 359 g/mol. The van der Waals surface area contributed by atoms with Crippen LogP contribution in [0.1, 0.15) is 34.5 Å². The first-order valence-electron chi connectivity index (χ1n) is 8.49. The van der Waals surface area contributed by atoms with Crippen molar-refractivity contribution in [3.8, 4) is 0 Å². The smallest absolute Gasteiger partial charge is 0.465 e. The zero-order valence-electron chi connectivity index (χ0n) is 14.6. The van der Waals surface area contributed by atoms with Crippen LogP contribution in [0, 0.1) is 0 Å². The Morgan fingerprint density at radius 1 is 1.27 bits per heavy atom. The Balaban J connectivity index is 1.77. The zero-order valence-corrected chi connectivity index (χ0v) is 14.6. The van der Waals surface area contributed by atoms with Crippen LogP contribution in [0.25, 0.3) is 0 Å². The first-order valence-corrected chi connectivity index (χ1v) is 8.49. The number of hydrogen-bond donors (Lipinski definition) is 3. The van der Waals surface area contributed by atoms with Gasteiger partial charge in [0.15, 0.2) is 0 Å². The zero-order chi connectivity index (χ0) is 18.7. The highest BCUT2D eigenvalue weighted by Gasteiger charge is 2.38. The van der Waals surface area contributed by atoms with Gasteiger partial charge in [-0.05, 0) is 17.1 Å². The second-order valence-corrected chi connectivity index (χ2v) is 6.59. The molecule has 7 nitrogen and oxygen atoms in total. The largest absolute Gasteiger partial charge is 0.488 e. The van der Waals surface area contributed by atoms with E-state index in [4.69, 9.17) is 9.15 Å². The van der Waals surface area contributed by atoms with Crippen LogP contribution >= 0.6 is 0 Å². The van der Waals surface area contributed by atoms with E-state index in [9.17, 15) is 19.9 Å². The number of ether oxygens (including phenoxy) is 1. The van der Waals surface area contributed by atoms with Gasteiger partial charge >= 0.3 is 7.12 Å². The number of benzene rings is 1. The molecule has 3 rings (SSSR count). The van der Waals surface area contributed by atoms with Crippen molar-refractivity contribution in [2.24, 2.45) is 0 Å². The molecule has 8 heteroatoms. The van der Waals surface area contributed by atoms with Crippen molar-refractivity contribution in [3.63, 3.8) is 0 Å². The lowest BCUT2D eigenvalue weighted by Gasteiger charge is -2.31. The molecule has 1 amide bonds. The summed E-state index contributed by atoms with van der Waals surface area (Å²) in [5.41, 5.74) is 0.259. The van der Waals surface area contributed by atoms with E-state index in [0.29, 0.717) is 37.1 Å². The molecule has 1 aromatic heterocycles. The maximum absolute atomic E-state index is 12.9. The number of nitrogens with zero attached hydrogens (tertiary/aromatic N) is 1. The van der Waals surface area contributed by atoms with Gasteiger partial charge in [-0.2, -0.15) is 0 Å². The highest BCUT2D eigenvalue weighted by atomic mass is 16.5. The fraction of sp³-hybridized carbons (Fsp3) is 0.389. The molecule has 26 heavy (non-hydrogen) atoms. The van der Waals surface area contributed by atoms with Crippen molar-refractivity contribution in [3.05, 3.63) is 53.5 Å². The maximum Gasteiger partial charge on any atom is 0.488 e. The summed E-state index contributed by atoms with van der Waals surface area (Å²) >= 11 is 0. The first kappa shape index (κ1) is 18.7. The third kappa shape index (κ3) is 3.83. The molecule has 0 aliphatic carbocycles. The lowest BCUT2D eigenvalue weighted by atomic mass is 9.79. The van der Waals surface area contributed by atoms with Crippen LogP contribution in [0.4, 0.5) is 0 Å². The van der Waals surface area contributed by atoms with Crippen LogP contribution < -0.4 is 5.46 Å². The molecule has 1 saturated heterocycles. The fourth-order valence-corrected chi connectivity index (χ4v) is 3.18. The molecule has 0 radical (unpaired) electrons. The van der Waals surface area contributed by atoms with Crippen molar-refractivity contribution < 1.29 is 29.1 Å². The molecular weight excluding hydrogens is 337 g/mol. The predicted octanol–water partition coefficient (Wildman–Crippen LogP) is 0.230. The Bertz CT molecular complexity index is 769. The summed E-state index contributed by atoms with van der Waals surface area (Å²) in [7, 11) is 0.0917. The van der Waals surface area contributed by atoms with Gasteiger partial charge in [0.1, 0.15) is 11.4 Å². The molecule has 2 aromatic rings. The normalized spacial score (nSPS) is 16.3. The van der Waals surface area contributed by atoms with Gasteiger partial charge in [0.25, 0.3) is 5.91 Å². The Hall–Kier alpha value is -2.13. The summed E-state index contributed by atoms with van der Waals surface area (Å²) in [5, 5.41) is 29.4. The van der Waals surface area contributed by atoms with E-state index in [1.807, 2.05) is 0 Å². The van der Waals surface area contributed by atoms with E-state index in [0.717, 1.165) is 5.56 Å². The minimum atomic E-state index is -1.56. The van der Waals surface area contributed by atoms with Crippen LogP contribution in [-0.2, 0) is 16.9 Å².